The van der Waals surface area contributed by atoms with Crippen LogP contribution in [-0.4, -0.2) is 39.2 Å². The fourth-order valence-electron chi connectivity index (χ4n) is 3.00. The molecule has 0 aliphatic heterocycles. The SMILES string of the molecule is C=CC/C(C)=C\CC(OC(=O)CC(O)C(C)(C)C(=O)CC)/C(C)=C/c1csc(CO)n1. The Balaban J connectivity index is 2.99. The van der Waals surface area contributed by atoms with Crippen molar-refractivity contribution < 1.29 is 24.5 Å². The number of esters is 1. The van der Waals surface area contributed by atoms with Gasteiger partial charge in [-0.25, -0.2) is 4.98 Å². The molecule has 1 aromatic heterocycles. The maximum absolute atomic E-state index is 12.6. The van der Waals surface area contributed by atoms with E-state index in [4.69, 9.17) is 4.74 Å². The van der Waals surface area contributed by atoms with Crippen LogP contribution in [0.2, 0.25) is 0 Å². The predicted molar refractivity (Wildman–Crippen MR) is 124 cm³/mol. The molecule has 2 N–H and O–H groups in total. The lowest BCUT2D eigenvalue weighted by Crippen LogP contribution is -2.39. The van der Waals surface area contributed by atoms with Crippen molar-refractivity contribution in [3.63, 3.8) is 0 Å². The zero-order chi connectivity index (χ0) is 23.6. The van der Waals surface area contributed by atoms with E-state index in [0.29, 0.717) is 23.5 Å². The Hall–Kier alpha value is -2.09. The molecule has 0 aliphatic carbocycles. The van der Waals surface area contributed by atoms with Crippen LogP contribution in [0.3, 0.4) is 0 Å². The Labute approximate surface area is 189 Å². The van der Waals surface area contributed by atoms with Gasteiger partial charge in [-0.2, -0.15) is 0 Å². The van der Waals surface area contributed by atoms with Crippen molar-refractivity contribution in [3.05, 3.63) is 46.0 Å². The summed E-state index contributed by atoms with van der Waals surface area (Å²) in [5.41, 5.74) is 1.57. The van der Waals surface area contributed by atoms with Crippen LogP contribution in [0.15, 0.2) is 35.3 Å². The van der Waals surface area contributed by atoms with E-state index in [1.807, 2.05) is 37.5 Å². The number of aromatic nitrogens is 1. The first-order valence-corrected chi connectivity index (χ1v) is 11.3. The molecule has 0 amide bonds. The van der Waals surface area contributed by atoms with Crippen LogP contribution in [0.4, 0.5) is 0 Å². The number of carbonyl (C=O) groups excluding carboxylic acids is 2. The van der Waals surface area contributed by atoms with Gasteiger partial charge in [-0.15, -0.1) is 17.9 Å². The highest BCUT2D eigenvalue weighted by atomic mass is 32.1. The van der Waals surface area contributed by atoms with E-state index in [9.17, 15) is 19.8 Å². The molecule has 1 rings (SSSR count). The highest BCUT2D eigenvalue weighted by Gasteiger charge is 2.36. The molecule has 0 radical (unpaired) electrons. The average molecular weight is 450 g/mol. The molecule has 2 atom stereocenters. The first-order valence-electron chi connectivity index (χ1n) is 10.5. The first-order chi connectivity index (χ1) is 14.5. The summed E-state index contributed by atoms with van der Waals surface area (Å²) in [5.74, 6) is -0.669. The number of ether oxygens (including phenoxy) is 1. The normalized spacial score (nSPS) is 14.8. The Morgan fingerprint density at radius 1 is 1.35 bits per heavy atom. The van der Waals surface area contributed by atoms with Gasteiger partial charge in [0.05, 0.1) is 24.8 Å². The Kier molecular flexibility index (Phi) is 11.0. The van der Waals surface area contributed by atoms with E-state index in [1.54, 1.807) is 20.8 Å². The van der Waals surface area contributed by atoms with Gasteiger partial charge in [0.25, 0.3) is 0 Å². The largest absolute Gasteiger partial charge is 0.457 e. The van der Waals surface area contributed by atoms with E-state index in [0.717, 1.165) is 17.6 Å². The Morgan fingerprint density at radius 3 is 2.58 bits per heavy atom. The highest BCUT2D eigenvalue weighted by Crippen LogP contribution is 2.27. The van der Waals surface area contributed by atoms with Gasteiger partial charge in [-0.05, 0) is 31.9 Å². The van der Waals surface area contributed by atoms with Gasteiger partial charge in [0.2, 0.25) is 0 Å². The number of hydrogen-bond acceptors (Lipinski definition) is 7. The Bertz CT molecular complexity index is 822. The van der Waals surface area contributed by atoms with E-state index in [2.05, 4.69) is 11.6 Å². The van der Waals surface area contributed by atoms with Crippen LogP contribution in [0.5, 0.6) is 0 Å². The standard InChI is InChI=1S/C24H35NO5S/c1-7-9-16(3)10-11-19(17(4)12-18-15-31-22(14-26)25-18)30-23(29)13-21(28)24(5,6)20(27)8-2/h7,10,12,15,19,21,26,28H,1,8-9,11,13-14H2,2-6H3/b16-10-,17-12+. The molecule has 172 valence electrons. The zero-order valence-electron chi connectivity index (χ0n) is 19.2. The molecule has 0 saturated carbocycles. The van der Waals surface area contributed by atoms with Crippen LogP contribution in [0.1, 0.15) is 71.0 Å². The van der Waals surface area contributed by atoms with Crippen molar-refractivity contribution in [2.45, 2.75) is 79.1 Å². The summed E-state index contributed by atoms with van der Waals surface area (Å²) in [6, 6.07) is 0. The number of nitrogens with zero attached hydrogens (tertiary/aromatic N) is 1. The summed E-state index contributed by atoms with van der Waals surface area (Å²) in [6.45, 7) is 12.5. The fourth-order valence-corrected chi connectivity index (χ4v) is 3.61. The molecular formula is C24H35NO5S. The minimum atomic E-state index is -1.12. The van der Waals surface area contributed by atoms with Gasteiger partial charge >= 0.3 is 5.97 Å². The molecule has 6 nitrogen and oxygen atoms in total. The van der Waals surface area contributed by atoms with E-state index in [1.165, 1.54) is 11.3 Å². The molecule has 0 fully saturated rings. The quantitative estimate of drug-likeness (QED) is 0.337. The van der Waals surface area contributed by atoms with Crippen molar-refractivity contribution in [2.24, 2.45) is 5.41 Å². The van der Waals surface area contributed by atoms with Crippen LogP contribution in [0.25, 0.3) is 6.08 Å². The summed E-state index contributed by atoms with van der Waals surface area (Å²) in [5, 5.41) is 22.1. The molecule has 0 aromatic carbocycles. The van der Waals surface area contributed by atoms with E-state index < -0.39 is 23.6 Å². The maximum atomic E-state index is 12.6. The molecule has 0 aliphatic rings. The van der Waals surface area contributed by atoms with E-state index in [-0.39, 0.29) is 18.8 Å². The minimum Gasteiger partial charge on any atom is -0.457 e. The number of rotatable bonds is 13. The lowest BCUT2D eigenvalue weighted by atomic mass is 9.79. The van der Waals surface area contributed by atoms with Gasteiger partial charge in [0.1, 0.15) is 16.9 Å². The summed E-state index contributed by atoms with van der Waals surface area (Å²) in [7, 11) is 0. The topological polar surface area (TPSA) is 96.7 Å². The van der Waals surface area contributed by atoms with Crippen molar-refractivity contribution in [3.8, 4) is 0 Å². The molecule has 1 heterocycles. The van der Waals surface area contributed by atoms with Crippen molar-refractivity contribution in [2.75, 3.05) is 0 Å². The maximum Gasteiger partial charge on any atom is 0.309 e. The predicted octanol–water partition coefficient (Wildman–Crippen LogP) is 4.62. The second-order valence-corrected chi connectivity index (χ2v) is 9.13. The lowest BCUT2D eigenvalue weighted by Gasteiger charge is -2.28. The number of thiazole rings is 1. The van der Waals surface area contributed by atoms with Gasteiger partial charge in [-0.1, -0.05) is 38.5 Å². The molecule has 1 aromatic rings. The number of carbonyl (C=O) groups is 2. The average Bonchev–Trinajstić information content (AvgIpc) is 3.17. The number of Topliss-reactive ketones (excluding diaryl/α,β-unsaturated/α-hetero) is 1. The smallest absolute Gasteiger partial charge is 0.309 e. The molecule has 0 bridgehead atoms. The molecule has 0 spiro atoms. The van der Waals surface area contributed by atoms with Crippen LogP contribution < -0.4 is 0 Å². The number of aliphatic hydroxyl groups excluding tert-OH is 2. The molecule has 7 heteroatoms. The first kappa shape index (κ1) is 26.9. The van der Waals surface area contributed by atoms with Gasteiger partial charge in [0, 0.05) is 23.6 Å². The molecule has 31 heavy (non-hydrogen) atoms. The number of hydrogen-bond donors (Lipinski definition) is 2. The summed E-state index contributed by atoms with van der Waals surface area (Å²) in [6.07, 6.45) is 5.21. The van der Waals surface area contributed by atoms with Gasteiger partial charge < -0.3 is 14.9 Å². The summed E-state index contributed by atoms with van der Waals surface area (Å²) >= 11 is 1.36. The monoisotopic (exact) mass is 449 g/mol. The second kappa shape index (κ2) is 12.7. The van der Waals surface area contributed by atoms with Crippen molar-refractivity contribution in [1.29, 1.82) is 0 Å². The van der Waals surface area contributed by atoms with Crippen LogP contribution in [-0.2, 0) is 20.9 Å². The van der Waals surface area contributed by atoms with Crippen LogP contribution >= 0.6 is 11.3 Å². The fraction of sp³-hybridized carbons (Fsp3) is 0.542. The van der Waals surface area contributed by atoms with Crippen LogP contribution in [0, 0.1) is 5.41 Å². The van der Waals surface area contributed by atoms with Crippen molar-refractivity contribution >= 4 is 29.2 Å². The number of ketones is 1. The summed E-state index contributed by atoms with van der Waals surface area (Å²) < 4.78 is 5.70. The number of aliphatic hydroxyl groups is 2. The molecular weight excluding hydrogens is 414 g/mol. The summed E-state index contributed by atoms with van der Waals surface area (Å²) in [4.78, 5) is 29.0. The third kappa shape index (κ3) is 8.51. The Morgan fingerprint density at radius 2 is 2.03 bits per heavy atom. The lowest BCUT2D eigenvalue weighted by molar-refractivity contribution is -0.152. The highest BCUT2D eigenvalue weighted by molar-refractivity contribution is 7.09. The third-order valence-electron chi connectivity index (χ3n) is 5.24. The molecule has 2 unspecified atom stereocenters. The third-order valence-corrected chi connectivity index (χ3v) is 6.09. The van der Waals surface area contributed by atoms with Gasteiger partial charge in [-0.3, -0.25) is 9.59 Å². The van der Waals surface area contributed by atoms with E-state index >= 15 is 0 Å². The van der Waals surface area contributed by atoms with Crippen molar-refractivity contribution in [1.82, 2.24) is 4.98 Å². The van der Waals surface area contributed by atoms with Gasteiger partial charge in [0.15, 0.2) is 0 Å². The zero-order valence-corrected chi connectivity index (χ0v) is 20.0. The molecule has 0 saturated heterocycles. The second-order valence-electron chi connectivity index (χ2n) is 8.19. The minimum absolute atomic E-state index is 0.105. The number of allylic oxidation sites excluding steroid dienone is 2.